The van der Waals surface area contributed by atoms with Crippen LogP contribution in [-0.4, -0.2) is 41.1 Å². The molecule has 0 aliphatic carbocycles. The minimum Gasteiger partial charge on any atom is -0.393 e. The number of amidine groups is 1. The summed E-state index contributed by atoms with van der Waals surface area (Å²) in [5.74, 6) is 0.658. The first kappa shape index (κ1) is 11.5. The van der Waals surface area contributed by atoms with E-state index in [1.165, 1.54) is 0 Å². The molecule has 4 nitrogen and oxygen atoms in total. The van der Waals surface area contributed by atoms with E-state index in [9.17, 15) is 5.11 Å². The Morgan fingerprint density at radius 1 is 1.43 bits per heavy atom. The number of piperidine rings is 1. The highest BCUT2D eigenvalue weighted by atomic mass is 16.3. The van der Waals surface area contributed by atoms with E-state index in [0.29, 0.717) is 5.92 Å². The van der Waals surface area contributed by atoms with Crippen molar-refractivity contribution in [1.82, 2.24) is 4.90 Å². The summed E-state index contributed by atoms with van der Waals surface area (Å²) in [6.07, 6.45) is 1.81. The van der Waals surface area contributed by atoms with Crippen LogP contribution in [0, 0.1) is 11.3 Å². The van der Waals surface area contributed by atoms with Crippen molar-refractivity contribution >= 4 is 5.84 Å². The molecule has 1 heterocycles. The molecule has 14 heavy (non-hydrogen) atoms. The van der Waals surface area contributed by atoms with Gasteiger partial charge in [-0.05, 0) is 45.7 Å². The van der Waals surface area contributed by atoms with Crippen LogP contribution in [-0.2, 0) is 0 Å². The summed E-state index contributed by atoms with van der Waals surface area (Å²) in [7, 11) is 0. The molecule has 1 aliphatic heterocycles. The normalized spacial score (nSPS) is 24.5. The van der Waals surface area contributed by atoms with Gasteiger partial charge in [0.15, 0.2) is 0 Å². The Morgan fingerprint density at radius 3 is 2.29 bits per heavy atom. The molecule has 2 atom stereocenters. The van der Waals surface area contributed by atoms with Gasteiger partial charge in [0, 0.05) is 0 Å². The van der Waals surface area contributed by atoms with Crippen LogP contribution in [0.4, 0.5) is 0 Å². The lowest BCUT2D eigenvalue weighted by Gasteiger charge is -2.36. The molecule has 0 radical (unpaired) electrons. The smallest absolute Gasteiger partial charge is 0.108 e. The van der Waals surface area contributed by atoms with Crippen LogP contribution in [0.1, 0.15) is 26.7 Å². The second-order valence-electron chi connectivity index (χ2n) is 4.25. The molecule has 4 N–H and O–H groups in total. The molecule has 0 spiro atoms. The molecule has 0 aromatic heterocycles. The maximum Gasteiger partial charge on any atom is 0.108 e. The van der Waals surface area contributed by atoms with Crippen molar-refractivity contribution in [2.24, 2.45) is 11.7 Å². The van der Waals surface area contributed by atoms with Crippen molar-refractivity contribution in [2.75, 3.05) is 13.1 Å². The summed E-state index contributed by atoms with van der Waals surface area (Å²) in [6.45, 7) is 5.70. The van der Waals surface area contributed by atoms with Crippen molar-refractivity contribution in [2.45, 2.75) is 38.8 Å². The first-order chi connectivity index (χ1) is 6.52. The van der Waals surface area contributed by atoms with Gasteiger partial charge in [-0.3, -0.25) is 10.3 Å². The fourth-order valence-electron chi connectivity index (χ4n) is 1.99. The lowest BCUT2D eigenvalue weighted by molar-refractivity contribution is 0.0675. The number of nitrogens with two attached hydrogens (primary N) is 1. The molecule has 1 fully saturated rings. The number of aliphatic hydroxyl groups excluding tert-OH is 1. The molecule has 0 bridgehead atoms. The number of likely N-dealkylation sites (tertiary alicyclic amines) is 1. The second kappa shape index (κ2) is 4.75. The van der Waals surface area contributed by atoms with Crippen LogP contribution in [0.25, 0.3) is 0 Å². The monoisotopic (exact) mass is 199 g/mol. The Morgan fingerprint density at radius 2 is 1.93 bits per heavy atom. The standard InChI is InChI=1S/C10H21N3O/c1-7(10(11)12)13-5-3-9(4-6-13)8(2)14/h7-9,14H,3-6H2,1-2H3,(H3,11,12). The molecule has 1 rings (SSSR count). The van der Waals surface area contributed by atoms with E-state index in [2.05, 4.69) is 4.90 Å². The lowest BCUT2D eigenvalue weighted by atomic mass is 9.91. The predicted octanol–water partition coefficient (Wildman–Crippen LogP) is 0.404. The third-order valence-electron chi connectivity index (χ3n) is 3.25. The molecule has 1 saturated heterocycles. The number of aliphatic hydroxyl groups is 1. The summed E-state index contributed by atoms with van der Waals surface area (Å²) in [6, 6.07) is 0.0462. The van der Waals surface area contributed by atoms with Crippen LogP contribution in [0.3, 0.4) is 0 Å². The van der Waals surface area contributed by atoms with Gasteiger partial charge >= 0.3 is 0 Å². The van der Waals surface area contributed by atoms with Gasteiger partial charge in [-0.1, -0.05) is 0 Å². The van der Waals surface area contributed by atoms with E-state index in [0.717, 1.165) is 25.9 Å². The van der Waals surface area contributed by atoms with Crippen molar-refractivity contribution in [3.05, 3.63) is 0 Å². The van der Waals surface area contributed by atoms with Gasteiger partial charge < -0.3 is 10.8 Å². The Kier molecular flexibility index (Phi) is 3.89. The zero-order valence-corrected chi connectivity index (χ0v) is 9.03. The topological polar surface area (TPSA) is 73.3 Å². The fourth-order valence-corrected chi connectivity index (χ4v) is 1.99. The van der Waals surface area contributed by atoms with Crippen molar-refractivity contribution in [1.29, 1.82) is 5.41 Å². The van der Waals surface area contributed by atoms with Crippen LogP contribution < -0.4 is 5.73 Å². The molecule has 0 amide bonds. The number of nitrogens with zero attached hydrogens (tertiary/aromatic N) is 1. The summed E-state index contributed by atoms with van der Waals surface area (Å²) in [4.78, 5) is 2.21. The Bertz CT molecular complexity index is 198. The fraction of sp³-hybridized carbons (Fsp3) is 0.900. The largest absolute Gasteiger partial charge is 0.393 e. The number of nitrogens with one attached hydrogen (secondary N) is 1. The highest BCUT2D eigenvalue weighted by molar-refractivity contribution is 5.82. The summed E-state index contributed by atoms with van der Waals surface area (Å²) < 4.78 is 0. The SMILES string of the molecule is CC(O)C1CCN(C(C)C(=N)N)CC1. The van der Waals surface area contributed by atoms with E-state index >= 15 is 0 Å². The minimum atomic E-state index is -0.204. The first-order valence-electron chi connectivity index (χ1n) is 5.28. The van der Waals surface area contributed by atoms with Crippen molar-refractivity contribution < 1.29 is 5.11 Å². The molecular formula is C10H21N3O. The third kappa shape index (κ3) is 2.69. The molecule has 2 unspecified atom stereocenters. The zero-order chi connectivity index (χ0) is 10.7. The highest BCUT2D eigenvalue weighted by Gasteiger charge is 2.25. The maximum absolute atomic E-state index is 9.43. The molecule has 0 aromatic carbocycles. The van der Waals surface area contributed by atoms with E-state index in [4.69, 9.17) is 11.1 Å². The summed E-state index contributed by atoms with van der Waals surface area (Å²) in [5, 5.41) is 16.8. The zero-order valence-electron chi connectivity index (χ0n) is 9.03. The average Bonchev–Trinajstić information content (AvgIpc) is 2.16. The molecule has 1 aliphatic rings. The van der Waals surface area contributed by atoms with Gasteiger partial charge in [0.2, 0.25) is 0 Å². The van der Waals surface area contributed by atoms with Gasteiger partial charge in [-0.25, -0.2) is 0 Å². The molecule has 0 saturated carbocycles. The average molecular weight is 199 g/mol. The van der Waals surface area contributed by atoms with Gasteiger partial charge in [-0.15, -0.1) is 0 Å². The lowest BCUT2D eigenvalue weighted by Crippen LogP contribution is -2.47. The Hall–Kier alpha value is -0.610. The number of rotatable bonds is 3. The molecule has 4 heteroatoms. The molecular weight excluding hydrogens is 178 g/mol. The maximum atomic E-state index is 9.43. The van der Waals surface area contributed by atoms with E-state index in [-0.39, 0.29) is 18.0 Å². The summed E-state index contributed by atoms with van der Waals surface area (Å²) >= 11 is 0. The van der Waals surface area contributed by atoms with Crippen LogP contribution in [0.2, 0.25) is 0 Å². The van der Waals surface area contributed by atoms with Crippen molar-refractivity contribution in [3.63, 3.8) is 0 Å². The van der Waals surface area contributed by atoms with Gasteiger partial charge in [0.05, 0.1) is 12.1 Å². The molecule has 0 aromatic rings. The Labute approximate surface area is 85.6 Å². The highest BCUT2D eigenvalue weighted by Crippen LogP contribution is 2.21. The van der Waals surface area contributed by atoms with Gasteiger partial charge in [0.1, 0.15) is 5.84 Å². The van der Waals surface area contributed by atoms with E-state index < -0.39 is 0 Å². The number of hydrogen-bond donors (Lipinski definition) is 3. The van der Waals surface area contributed by atoms with Crippen molar-refractivity contribution in [3.8, 4) is 0 Å². The van der Waals surface area contributed by atoms with E-state index in [1.807, 2.05) is 13.8 Å². The van der Waals surface area contributed by atoms with Crippen LogP contribution >= 0.6 is 0 Å². The minimum absolute atomic E-state index is 0.0462. The quantitative estimate of drug-likeness (QED) is 0.455. The van der Waals surface area contributed by atoms with Crippen LogP contribution in [0.15, 0.2) is 0 Å². The molecule has 82 valence electrons. The Balaban J connectivity index is 2.39. The third-order valence-corrected chi connectivity index (χ3v) is 3.25. The number of hydrogen-bond acceptors (Lipinski definition) is 3. The van der Waals surface area contributed by atoms with E-state index in [1.54, 1.807) is 0 Å². The second-order valence-corrected chi connectivity index (χ2v) is 4.25. The van der Waals surface area contributed by atoms with Crippen LogP contribution in [0.5, 0.6) is 0 Å². The predicted molar refractivity (Wildman–Crippen MR) is 57.4 cm³/mol. The first-order valence-corrected chi connectivity index (χ1v) is 5.28. The van der Waals surface area contributed by atoms with Gasteiger partial charge in [0.25, 0.3) is 0 Å². The summed E-state index contributed by atoms with van der Waals surface area (Å²) in [5.41, 5.74) is 5.45. The van der Waals surface area contributed by atoms with Gasteiger partial charge in [-0.2, -0.15) is 0 Å².